The average Bonchev–Trinajstić information content (AvgIpc) is 3.20. The molecule has 0 spiro atoms. The third-order valence-corrected chi connectivity index (χ3v) is 6.52. The molecule has 2 heterocycles. The Morgan fingerprint density at radius 2 is 1.59 bits per heavy atom. The van der Waals surface area contributed by atoms with E-state index >= 15 is 0 Å². The van der Waals surface area contributed by atoms with Gasteiger partial charge in [-0.25, -0.2) is 4.98 Å². The number of benzene rings is 3. The number of fused-ring (bicyclic) bond motifs is 7. The third-order valence-electron chi connectivity index (χ3n) is 6.52. The highest BCUT2D eigenvalue weighted by molar-refractivity contribution is 6.15. The molecule has 2 nitrogen and oxygen atoms in total. The number of pyridine rings is 1. The van der Waals surface area contributed by atoms with E-state index in [2.05, 4.69) is 92.1 Å². The van der Waals surface area contributed by atoms with Crippen LogP contribution in [-0.4, -0.2) is 9.55 Å². The molecule has 29 heavy (non-hydrogen) atoms. The van der Waals surface area contributed by atoms with Gasteiger partial charge in [-0.2, -0.15) is 0 Å². The second kappa shape index (κ2) is 5.57. The van der Waals surface area contributed by atoms with Crippen molar-refractivity contribution in [1.29, 1.82) is 0 Å². The van der Waals surface area contributed by atoms with Crippen LogP contribution >= 0.6 is 0 Å². The van der Waals surface area contributed by atoms with Crippen LogP contribution in [-0.2, 0) is 5.41 Å². The molecule has 0 fully saturated rings. The van der Waals surface area contributed by atoms with Crippen molar-refractivity contribution in [3.05, 3.63) is 95.7 Å². The van der Waals surface area contributed by atoms with E-state index in [1.165, 1.54) is 49.6 Å². The molecule has 1 aliphatic carbocycles. The van der Waals surface area contributed by atoms with Gasteiger partial charge in [0.25, 0.3) is 0 Å². The van der Waals surface area contributed by atoms with Crippen molar-refractivity contribution in [1.82, 2.24) is 9.55 Å². The number of para-hydroxylation sites is 1. The Labute approximate surface area is 170 Å². The van der Waals surface area contributed by atoms with E-state index in [-0.39, 0.29) is 5.41 Å². The van der Waals surface area contributed by atoms with Crippen LogP contribution in [0.25, 0.3) is 38.8 Å². The molecule has 1 aliphatic rings. The fraction of sp³-hybridized carbons (Fsp3) is 0.148. The van der Waals surface area contributed by atoms with Gasteiger partial charge in [-0.1, -0.05) is 62.4 Å². The lowest BCUT2D eigenvalue weighted by atomic mass is 9.80. The zero-order valence-corrected chi connectivity index (χ0v) is 16.9. The van der Waals surface area contributed by atoms with Gasteiger partial charge in [-0.05, 0) is 59.0 Å². The van der Waals surface area contributed by atoms with Crippen LogP contribution in [0.2, 0.25) is 0 Å². The second-order valence-electron chi connectivity index (χ2n) is 8.55. The van der Waals surface area contributed by atoms with Crippen LogP contribution in [0, 0.1) is 6.92 Å². The van der Waals surface area contributed by atoms with Gasteiger partial charge in [-0.15, -0.1) is 0 Å². The van der Waals surface area contributed by atoms with Crippen molar-refractivity contribution in [3.8, 4) is 16.9 Å². The molecule has 3 aromatic carbocycles. The molecular formula is C27H22N2. The van der Waals surface area contributed by atoms with Crippen molar-refractivity contribution in [2.75, 3.05) is 0 Å². The summed E-state index contributed by atoms with van der Waals surface area (Å²) in [5, 5.41) is 2.66. The van der Waals surface area contributed by atoms with Crippen LogP contribution < -0.4 is 0 Å². The average molecular weight is 374 g/mol. The fourth-order valence-corrected chi connectivity index (χ4v) is 5.34. The molecule has 0 bridgehead atoms. The number of hydrogen-bond donors (Lipinski definition) is 0. The Bertz CT molecular complexity index is 1420. The summed E-state index contributed by atoms with van der Waals surface area (Å²) in [6, 6.07) is 26.1. The van der Waals surface area contributed by atoms with Crippen LogP contribution in [0.1, 0.15) is 30.5 Å². The summed E-state index contributed by atoms with van der Waals surface area (Å²) in [5.41, 5.74) is 9.31. The Kier molecular flexibility index (Phi) is 3.18. The highest BCUT2D eigenvalue weighted by Gasteiger charge is 2.38. The monoisotopic (exact) mass is 374 g/mol. The Morgan fingerprint density at radius 1 is 0.828 bits per heavy atom. The number of aryl methyl sites for hydroxylation is 1. The van der Waals surface area contributed by atoms with Gasteiger partial charge in [0, 0.05) is 22.4 Å². The Balaban J connectivity index is 1.87. The van der Waals surface area contributed by atoms with E-state index in [4.69, 9.17) is 4.98 Å². The molecular weight excluding hydrogens is 352 g/mol. The highest BCUT2D eigenvalue weighted by Crippen LogP contribution is 2.53. The van der Waals surface area contributed by atoms with Gasteiger partial charge in [0.15, 0.2) is 0 Å². The molecule has 0 unspecified atom stereocenters. The van der Waals surface area contributed by atoms with Crippen LogP contribution in [0.3, 0.4) is 0 Å². The highest BCUT2D eigenvalue weighted by atomic mass is 15.1. The SMILES string of the molecule is Cc1cc2c(c3c4ccccc4n(-c4ccccn4)c13)C(C)(C)c1ccccc1-2. The topological polar surface area (TPSA) is 17.8 Å². The van der Waals surface area contributed by atoms with Gasteiger partial charge in [0.2, 0.25) is 0 Å². The molecule has 2 heteroatoms. The predicted octanol–water partition coefficient (Wildman–Crippen LogP) is 6.79. The minimum atomic E-state index is -0.0447. The number of rotatable bonds is 1. The van der Waals surface area contributed by atoms with Gasteiger partial charge in [0.1, 0.15) is 5.82 Å². The van der Waals surface area contributed by atoms with Gasteiger partial charge in [-0.3, -0.25) is 4.57 Å². The summed E-state index contributed by atoms with van der Waals surface area (Å²) < 4.78 is 2.33. The first-order valence-electron chi connectivity index (χ1n) is 10.2. The van der Waals surface area contributed by atoms with Gasteiger partial charge in [0.05, 0.1) is 11.0 Å². The number of aromatic nitrogens is 2. The molecule has 2 aromatic heterocycles. The fourth-order valence-electron chi connectivity index (χ4n) is 5.34. The standard InChI is InChI=1S/C27H22N2/c1-17-16-20-18-10-4-6-12-21(18)27(2,3)25(20)24-19-11-5-7-13-22(19)29(26(17)24)23-14-8-9-15-28-23/h4-16H,1-3H3. The largest absolute Gasteiger partial charge is 0.294 e. The van der Waals surface area contributed by atoms with Crippen LogP contribution in [0.15, 0.2) is 79.0 Å². The maximum absolute atomic E-state index is 4.69. The van der Waals surface area contributed by atoms with E-state index < -0.39 is 0 Å². The number of hydrogen-bond acceptors (Lipinski definition) is 1. The lowest BCUT2D eigenvalue weighted by Crippen LogP contribution is -2.15. The molecule has 0 saturated heterocycles. The summed E-state index contributed by atoms with van der Waals surface area (Å²) >= 11 is 0. The molecule has 0 radical (unpaired) electrons. The molecule has 6 rings (SSSR count). The van der Waals surface area contributed by atoms with E-state index in [0.29, 0.717) is 0 Å². The molecule has 0 atom stereocenters. The van der Waals surface area contributed by atoms with E-state index in [9.17, 15) is 0 Å². The first-order chi connectivity index (χ1) is 14.1. The maximum Gasteiger partial charge on any atom is 0.137 e. The second-order valence-corrected chi connectivity index (χ2v) is 8.55. The predicted molar refractivity (Wildman–Crippen MR) is 121 cm³/mol. The smallest absolute Gasteiger partial charge is 0.137 e. The van der Waals surface area contributed by atoms with Crippen molar-refractivity contribution in [2.45, 2.75) is 26.2 Å². The summed E-state index contributed by atoms with van der Waals surface area (Å²) in [6.07, 6.45) is 1.87. The normalized spacial score (nSPS) is 14.3. The zero-order chi connectivity index (χ0) is 19.8. The van der Waals surface area contributed by atoms with Crippen molar-refractivity contribution < 1.29 is 0 Å². The third kappa shape index (κ3) is 2.04. The molecule has 0 amide bonds. The summed E-state index contributed by atoms with van der Waals surface area (Å²) in [4.78, 5) is 4.69. The lowest BCUT2D eigenvalue weighted by molar-refractivity contribution is 0.666. The minimum absolute atomic E-state index is 0.0447. The summed E-state index contributed by atoms with van der Waals surface area (Å²) in [5.74, 6) is 0.968. The summed E-state index contributed by atoms with van der Waals surface area (Å²) in [6.45, 7) is 6.95. The van der Waals surface area contributed by atoms with Gasteiger partial charge >= 0.3 is 0 Å². The van der Waals surface area contributed by atoms with Crippen molar-refractivity contribution in [2.24, 2.45) is 0 Å². The molecule has 0 saturated carbocycles. The molecule has 5 aromatic rings. The zero-order valence-electron chi connectivity index (χ0n) is 16.9. The summed E-state index contributed by atoms with van der Waals surface area (Å²) in [7, 11) is 0. The quantitative estimate of drug-likeness (QED) is 0.316. The van der Waals surface area contributed by atoms with E-state index in [1.54, 1.807) is 0 Å². The minimum Gasteiger partial charge on any atom is -0.294 e. The first kappa shape index (κ1) is 16.6. The molecule has 0 aliphatic heterocycles. The van der Waals surface area contributed by atoms with Crippen molar-refractivity contribution in [3.63, 3.8) is 0 Å². The molecule has 0 N–H and O–H groups in total. The van der Waals surface area contributed by atoms with Crippen LogP contribution in [0.4, 0.5) is 0 Å². The Morgan fingerprint density at radius 3 is 2.41 bits per heavy atom. The molecule has 140 valence electrons. The Hall–Kier alpha value is -3.39. The lowest BCUT2D eigenvalue weighted by Gasteiger charge is -2.23. The van der Waals surface area contributed by atoms with Crippen LogP contribution in [0.5, 0.6) is 0 Å². The van der Waals surface area contributed by atoms with E-state index in [1.807, 2.05) is 12.3 Å². The van der Waals surface area contributed by atoms with E-state index in [0.717, 1.165) is 5.82 Å². The van der Waals surface area contributed by atoms with Crippen molar-refractivity contribution >= 4 is 21.8 Å². The number of nitrogens with zero attached hydrogens (tertiary/aromatic N) is 2. The van der Waals surface area contributed by atoms with Gasteiger partial charge < -0.3 is 0 Å². The maximum atomic E-state index is 4.69. The first-order valence-corrected chi connectivity index (χ1v) is 10.2.